The fourth-order valence-corrected chi connectivity index (χ4v) is 3.93. The molecular formula is C21H17ClN2O3S. The van der Waals surface area contributed by atoms with Crippen LogP contribution in [0.15, 0.2) is 71.6 Å². The average molecular weight is 413 g/mol. The van der Waals surface area contributed by atoms with Crippen molar-refractivity contribution in [3.8, 4) is 17.2 Å². The van der Waals surface area contributed by atoms with Gasteiger partial charge in [-0.15, -0.1) is 0 Å². The van der Waals surface area contributed by atoms with Crippen molar-refractivity contribution in [3.05, 3.63) is 77.6 Å². The summed E-state index contributed by atoms with van der Waals surface area (Å²) >= 11 is 6.27. The summed E-state index contributed by atoms with van der Waals surface area (Å²) in [6.07, 6.45) is 1.18. The molecule has 3 aromatic carbocycles. The molecule has 0 saturated carbocycles. The summed E-state index contributed by atoms with van der Waals surface area (Å²) in [4.78, 5) is 4.82. The molecule has 0 spiro atoms. The molecule has 1 aromatic heterocycles. The number of fused-ring (bicyclic) bond motifs is 1. The number of halogens is 1. The molecule has 0 N–H and O–H groups in total. The number of hydrogen-bond donors (Lipinski definition) is 0. The van der Waals surface area contributed by atoms with Crippen LogP contribution in [-0.4, -0.2) is 24.2 Å². The second kappa shape index (κ2) is 6.96. The molecule has 5 nitrogen and oxygen atoms in total. The van der Waals surface area contributed by atoms with Gasteiger partial charge in [0.2, 0.25) is 0 Å². The molecule has 0 saturated heterocycles. The van der Waals surface area contributed by atoms with Crippen molar-refractivity contribution in [2.24, 2.45) is 0 Å². The van der Waals surface area contributed by atoms with E-state index in [-0.39, 0.29) is 4.90 Å². The SMILES string of the molecule is Cc1nc2c(Cl)cccc2n1-c1cccc(Oc2ccc(S(C)(=O)=O)cc2)c1. The minimum absolute atomic E-state index is 0.256. The lowest BCUT2D eigenvalue weighted by atomic mass is 10.2. The molecule has 4 rings (SSSR count). The van der Waals surface area contributed by atoms with Gasteiger partial charge in [0.05, 0.1) is 21.1 Å². The van der Waals surface area contributed by atoms with Crippen molar-refractivity contribution in [1.29, 1.82) is 0 Å². The lowest BCUT2D eigenvalue weighted by Gasteiger charge is -2.11. The molecule has 0 aliphatic carbocycles. The molecular weight excluding hydrogens is 396 g/mol. The quantitative estimate of drug-likeness (QED) is 0.463. The van der Waals surface area contributed by atoms with Crippen LogP contribution in [0.5, 0.6) is 11.5 Å². The fourth-order valence-electron chi connectivity index (χ4n) is 3.08. The number of hydrogen-bond acceptors (Lipinski definition) is 4. The number of rotatable bonds is 4. The first kappa shape index (κ1) is 18.5. The number of para-hydroxylation sites is 1. The van der Waals surface area contributed by atoms with Crippen LogP contribution in [0.3, 0.4) is 0 Å². The first-order valence-corrected chi connectivity index (χ1v) is 10.8. The highest BCUT2D eigenvalue weighted by atomic mass is 35.5. The Labute approximate surface area is 168 Å². The van der Waals surface area contributed by atoms with Crippen molar-refractivity contribution < 1.29 is 13.2 Å². The van der Waals surface area contributed by atoms with E-state index in [0.717, 1.165) is 22.5 Å². The van der Waals surface area contributed by atoms with Crippen LogP contribution in [0.4, 0.5) is 0 Å². The van der Waals surface area contributed by atoms with Gasteiger partial charge in [-0.3, -0.25) is 4.57 Å². The molecule has 4 aromatic rings. The number of ether oxygens (including phenoxy) is 1. The summed E-state index contributed by atoms with van der Waals surface area (Å²) in [7, 11) is -3.23. The van der Waals surface area contributed by atoms with Crippen LogP contribution >= 0.6 is 11.6 Å². The van der Waals surface area contributed by atoms with Gasteiger partial charge in [0.25, 0.3) is 0 Å². The lowest BCUT2D eigenvalue weighted by molar-refractivity contribution is 0.482. The van der Waals surface area contributed by atoms with Crippen LogP contribution in [0.1, 0.15) is 5.82 Å². The standard InChI is InChI=1S/C21H17ClN2O3S/c1-14-23-21-19(22)7-4-8-20(21)24(14)15-5-3-6-17(13-15)27-16-9-11-18(12-10-16)28(2,25)26/h3-13H,1-2H3. The van der Waals surface area contributed by atoms with Crippen molar-refractivity contribution in [2.75, 3.05) is 6.26 Å². The second-order valence-corrected chi connectivity index (χ2v) is 8.87. The van der Waals surface area contributed by atoms with Crippen LogP contribution in [0.25, 0.3) is 16.7 Å². The number of benzene rings is 3. The number of aryl methyl sites for hydroxylation is 1. The van der Waals surface area contributed by atoms with Gasteiger partial charge in [0.15, 0.2) is 9.84 Å². The average Bonchev–Trinajstić information content (AvgIpc) is 2.99. The molecule has 0 bridgehead atoms. The Morgan fingerprint density at radius 2 is 1.68 bits per heavy atom. The maximum atomic E-state index is 11.6. The molecule has 0 amide bonds. The van der Waals surface area contributed by atoms with Gasteiger partial charge in [0, 0.05) is 12.3 Å². The van der Waals surface area contributed by atoms with Crippen LogP contribution < -0.4 is 4.74 Å². The monoisotopic (exact) mass is 412 g/mol. The minimum atomic E-state index is -3.23. The third kappa shape index (κ3) is 3.48. The molecule has 1 heterocycles. The summed E-state index contributed by atoms with van der Waals surface area (Å²) in [6.45, 7) is 1.92. The Morgan fingerprint density at radius 3 is 2.39 bits per heavy atom. The molecule has 28 heavy (non-hydrogen) atoms. The van der Waals surface area contributed by atoms with Gasteiger partial charge < -0.3 is 4.74 Å². The van der Waals surface area contributed by atoms with Gasteiger partial charge >= 0.3 is 0 Å². The summed E-state index contributed by atoms with van der Waals surface area (Å²) < 4.78 is 31.1. The van der Waals surface area contributed by atoms with E-state index < -0.39 is 9.84 Å². The maximum Gasteiger partial charge on any atom is 0.175 e. The summed E-state index contributed by atoms with van der Waals surface area (Å²) in [5.74, 6) is 2.01. The molecule has 0 unspecified atom stereocenters. The van der Waals surface area contributed by atoms with Gasteiger partial charge in [0.1, 0.15) is 22.8 Å². The van der Waals surface area contributed by atoms with Crippen LogP contribution in [0, 0.1) is 6.92 Å². The number of sulfone groups is 1. The Morgan fingerprint density at radius 1 is 0.964 bits per heavy atom. The summed E-state index contributed by atoms with van der Waals surface area (Å²) in [6, 6.07) is 19.6. The Hall–Kier alpha value is -2.83. The lowest BCUT2D eigenvalue weighted by Crippen LogP contribution is -1.98. The second-order valence-electron chi connectivity index (χ2n) is 6.44. The number of nitrogens with zero attached hydrogens (tertiary/aromatic N) is 2. The van der Waals surface area contributed by atoms with Gasteiger partial charge in [-0.2, -0.15) is 0 Å². The van der Waals surface area contributed by atoms with Crippen LogP contribution in [0.2, 0.25) is 5.02 Å². The zero-order chi connectivity index (χ0) is 19.9. The predicted octanol–water partition coefficient (Wildman–Crippen LogP) is 5.18. The van der Waals surface area contributed by atoms with E-state index in [1.54, 1.807) is 12.1 Å². The maximum absolute atomic E-state index is 11.6. The first-order chi connectivity index (χ1) is 13.3. The van der Waals surface area contributed by atoms with Crippen molar-refractivity contribution in [2.45, 2.75) is 11.8 Å². The fraction of sp³-hybridized carbons (Fsp3) is 0.0952. The molecule has 7 heteroatoms. The van der Waals surface area contributed by atoms with Gasteiger partial charge in [-0.05, 0) is 55.5 Å². The molecule has 0 fully saturated rings. The van der Waals surface area contributed by atoms with E-state index in [9.17, 15) is 8.42 Å². The van der Waals surface area contributed by atoms with Crippen LogP contribution in [-0.2, 0) is 9.84 Å². The van der Waals surface area contributed by atoms with E-state index in [1.807, 2.05) is 54.0 Å². The molecule has 0 atom stereocenters. The highest BCUT2D eigenvalue weighted by Gasteiger charge is 2.12. The smallest absolute Gasteiger partial charge is 0.175 e. The zero-order valence-corrected chi connectivity index (χ0v) is 16.8. The van der Waals surface area contributed by atoms with E-state index in [4.69, 9.17) is 16.3 Å². The number of imidazole rings is 1. The Kier molecular flexibility index (Phi) is 4.61. The minimum Gasteiger partial charge on any atom is -0.457 e. The third-order valence-electron chi connectivity index (χ3n) is 4.37. The Bertz CT molecular complexity index is 1280. The largest absolute Gasteiger partial charge is 0.457 e. The summed E-state index contributed by atoms with van der Waals surface area (Å²) in [5.41, 5.74) is 2.57. The zero-order valence-electron chi connectivity index (χ0n) is 15.3. The summed E-state index contributed by atoms with van der Waals surface area (Å²) in [5, 5.41) is 0.609. The first-order valence-electron chi connectivity index (χ1n) is 8.55. The number of aromatic nitrogens is 2. The van der Waals surface area contributed by atoms with E-state index in [0.29, 0.717) is 16.5 Å². The van der Waals surface area contributed by atoms with Crippen molar-refractivity contribution >= 4 is 32.5 Å². The molecule has 0 aliphatic heterocycles. The third-order valence-corrected chi connectivity index (χ3v) is 5.80. The molecule has 142 valence electrons. The van der Waals surface area contributed by atoms with Crippen molar-refractivity contribution in [1.82, 2.24) is 9.55 Å². The van der Waals surface area contributed by atoms with Gasteiger partial charge in [-0.25, -0.2) is 13.4 Å². The highest BCUT2D eigenvalue weighted by Crippen LogP contribution is 2.29. The van der Waals surface area contributed by atoms with E-state index in [1.165, 1.54) is 18.4 Å². The normalized spacial score (nSPS) is 11.7. The topological polar surface area (TPSA) is 61.2 Å². The predicted molar refractivity (Wildman–Crippen MR) is 110 cm³/mol. The Balaban J connectivity index is 1.70. The van der Waals surface area contributed by atoms with E-state index >= 15 is 0 Å². The van der Waals surface area contributed by atoms with E-state index in [2.05, 4.69) is 4.98 Å². The molecule has 0 radical (unpaired) electrons. The highest BCUT2D eigenvalue weighted by molar-refractivity contribution is 7.90. The molecule has 0 aliphatic rings. The van der Waals surface area contributed by atoms with Crippen molar-refractivity contribution in [3.63, 3.8) is 0 Å². The van der Waals surface area contributed by atoms with Gasteiger partial charge in [-0.1, -0.05) is 23.7 Å².